The van der Waals surface area contributed by atoms with Gasteiger partial charge in [0, 0.05) is 14.9 Å². The lowest BCUT2D eigenvalue weighted by Gasteiger charge is -2.03. The minimum atomic E-state index is -0.179. The number of H-pyrrole nitrogens is 1. The fraction of sp³-hybridized carbons (Fsp3) is 0.143. The van der Waals surface area contributed by atoms with Crippen molar-refractivity contribution in [2.24, 2.45) is 0 Å². The average Bonchev–Trinajstić information content (AvgIpc) is 2.78. The number of rotatable bonds is 2. The van der Waals surface area contributed by atoms with E-state index in [0.29, 0.717) is 10.2 Å². The smallest absolute Gasteiger partial charge is 0.261 e. The van der Waals surface area contributed by atoms with Gasteiger partial charge in [-0.3, -0.25) is 9.78 Å². The number of fused-ring (bicyclic) bond motifs is 1. The molecule has 0 radical (unpaired) electrons. The summed E-state index contributed by atoms with van der Waals surface area (Å²) in [7, 11) is 0. The van der Waals surface area contributed by atoms with Gasteiger partial charge in [0.15, 0.2) is 0 Å². The van der Waals surface area contributed by atoms with Crippen LogP contribution in [0.25, 0.3) is 21.3 Å². The lowest BCUT2D eigenvalue weighted by Crippen LogP contribution is -2.10. The minimum Gasteiger partial charge on any atom is -0.369 e. The molecular weight excluding hydrogens is 338 g/mol. The van der Waals surface area contributed by atoms with Crippen molar-refractivity contribution < 1.29 is 0 Å². The first kappa shape index (κ1) is 13.3. The van der Waals surface area contributed by atoms with Crippen molar-refractivity contribution in [3.8, 4) is 11.1 Å². The fourth-order valence-corrected chi connectivity index (χ4v) is 3.65. The molecule has 2 aromatic heterocycles. The third-order valence-electron chi connectivity index (χ3n) is 3.11. The van der Waals surface area contributed by atoms with Crippen LogP contribution >= 0.6 is 27.3 Å². The first-order valence-electron chi connectivity index (χ1n) is 6.17. The second-order valence-corrected chi connectivity index (χ2v) is 6.39. The predicted octanol–water partition coefficient (Wildman–Crippen LogP) is 3.56. The zero-order valence-electron chi connectivity index (χ0n) is 10.7. The van der Waals surface area contributed by atoms with Gasteiger partial charge < -0.3 is 5.73 Å². The number of hydrogen-bond acceptors (Lipinski definition) is 4. The Morgan fingerprint density at radius 2 is 2.05 bits per heavy atom. The molecule has 4 nitrogen and oxygen atoms in total. The largest absolute Gasteiger partial charge is 0.369 e. The van der Waals surface area contributed by atoms with Gasteiger partial charge in [-0.25, -0.2) is 4.98 Å². The third kappa shape index (κ3) is 2.14. The second kappa shape index (κ2) is 5.03. The minimum absolute atomic E-state index is 0.161. The van der Waals surface area contributed by atoms with Crippen molar-refractivity contribution in [3.05, 3.63) is 44.0 Å². The van der Waals surface area contributed by atoms with Crippen LogP contribution in [0.5, 0.6) is 0 Å². The standard InChI is InChI=1S/C14H12BrN3OS/c1-2-9-10(7-3-5-8(15)6-4-7)11-12(19)17-14(16)18-13(11)20-9/h3-6H,2H2,1H3,(H3,16,17,18,19). The van der Waals surface area contributed by atoms with Crippen LogP contribution in [0, 0.1) is 0 Å². The number of aromatic nitrogens is 2. The molecule has 0 aliphatic rings. The van der Waals surface area contributed by atoms with Crippen LogP contribution in [0.15, 0.2) is 33.5 Å². The summed E-state index contributed by atoms with van der Waals surface area (Å²) in [6.45, 7) is 2.07. The van der Waals surface area contributed by atoms with Crippen LogP contribution in [-0.4, -0.2) is 9.97 Å². The monoisotopic (exact) mass is 349 g/mol. The molecule has 0 fully saturated rings. The lowest BCUT2D eigenvalue weighted by atomic mass is 10.0. The van der Waals surface area contributed by atoms with Crippen LogP contribution in [0.2, 0.25) is 0 Å². The molecule has 0 saturated carbocycles. The summed E-state index contributed by atoms with van der Waals surface area (Å²) in [5.41, 5.74) is 7.43. The first-order valence-corrected chi connectivity index (χ1v) is 7.78. The molecule has 0 amide bonds. The van der Waals surface area contributed by atoms with E-state index in [1.165, 1.54) is 11.3 Å². The molecule has 0 unspecified atom stereocenters. The predicted molar refractivity (Wildman–Crippen MR) is 87.2 cm³/mol. The summed E-state index contributed by atoms with van der Waals surface area (Å²) in [6.07, 6.45) is 0.853. The van der Waals surface area contributed by atoms with E-state index in [9.17, 15) is 4.79 Å². The summed E-state index contributed by atoms with van der Waals surface area (Å²) in [5.74, 6) is 0.161. The number of anilines is 1. The van der Waals surface area contributed by atoms with Gasteiger partial charge in [-0.05, 0) is 24.1 Å². The number of nitrogens with zero attached hydrogens (tertiary/aromatic N) is 1. The van der Waals surface area contributed by atoms with Crippen LogP contribution in [0.1, 0.15) is 11.8 Å². The maximum Gasteiger partial charge on any atom is 0.261 e. The Bertz CT molecular complexity index is 836. The van der Waals surface area contributed by atoms with E-state index < -0.39 is 0 Å². The highest BCUT2D eigenvalue weighted by Gasteiger charge is 2.17. The maximum absolute atomic E-state index is 12.2. The topological polar surface area (TPSA) is 71.8 Å². The van der Waals surface area contributed by atoms with Crippen molar-refractivity contribution >= 4 is 43.4 Å². The van der Waals surface area contributed by atoms with E-state index in [1.54, 1.807) is 0 Å². The molecule has 20 heavy (non-hydrogen) atoms. The van der Waals surface area contributed by atoms with Crippen molar-refractivity contribution in [2.45, 2.75) is 13.3 Å². The SMILES string of the molecule is CCc1sc2nc(N)[nH]c(=O)c2c1-c1ccc(Br)cc1. The van der Waals surface area contributed by atoms with Gasteiger partial charge in [0.2, 0.25) is 5.95 Å². The molecule has 6 heteroatoms. The molecule has 3 N–H and O–H groups in total. The zero-order chi connectivity index (χ0) is 14.3. The molecule has 0 aliphatic heterocycles. The Balaban J connectivity index is 2.38. The summed E-state index contributed by atoms with van der Waals surface area (Å²) < 4.78 is 1.01. The van der Waals surface area contributed by atoms with Gasteiger partial charge in [-0.15, -0.1) is 11.3 Å². The van der Waals surface area contributed by atoms with E-state index in [2.05, 4.69) is 32.8 Å². The number of nitrogen functional groups attached to an aromatic ring is 1. The highest BCUT2D eigenvalue weighted by molar-refractivity contribution is 9.10. The molecule has 3 rings (SSSR count). The number of aromatic amines is 1. The Labute approximate surface area is 127 Å². The van der Waals surface area contributed by atoms with Crippen molar-refractivity contribution in [3.63, 3.8) is 0 Å². The molecule has 3 aromatic rings. The van der Waals surface area contributed by atoms with Gasteiger partial charge in [-0.2, -0.15) is 0 Å². The van der Waals surface area contributed by atoms with Crippen molar-refractivity contribution in [1.29, 1.82) is 0 Å². The molecule has 1 aromatic carbocycles. The van der Waals surface area contributed by atoms with E-state index in [0.717, 1.165) is 26.9 Å². The van der Waals surface area contributed by atoms with E-state index in [-0.39, 0.29) is 11.5 Å². The van der Waals surface area contributed by atoms with Gasteiger partial charge in [0.05, 0.1) is 5.39 Å². The van der Waals surface area contributed by atoms with Gasteiger partial charge in [0.25, 0.3) is 5.56 Å². The number of nitrogens with one attached hydrogen (secondary N) is 1. The van der Waals surface area contributed by atoms with E-state index in [1.807, 2.05) is 24.3 Å². The Hall–Kier alpha value is -1.66. The highest BCUT2D eigenvalue weighted by atomic mass is 79.9. The summed E-state index contributed by atoms with van der Waals surface area (Å²) >= 11 is 4.95. The number of benzene rings is 1. The quantitative estimate of drug-likeness (QED) is 0.742. The normalized spacial score (nSPS) is 11.1. The number of nitrogens with two attached hydrogens (primary N) is 1. The molecule has 0 atom stereocenters. The third-order valence-corrected chi connectivity index (χ3v) is 4.86. The van der Waals surface area contributed by atoms with Crippen LogP contribution in [0.3, 0.4) is 0 Å². The van der Waals surface area contributed by atoms with Gasteiger partial charge >= 0.3 is 0 Å². The van der Waals surface area contributed by atoms with E-state index in [4.69, 9.17) is 5.73 Å². The van der Waals surface area contributed by atoms with Crippen LogP contribution in [-0.2, 0) is 6.42 Å². The second-order valence-electron chi connectivity index (χ2n) is 4.39. The Morgan fingerprint density at radius 3 is 2.70 bits per heavy atom. The maximum atomic E-state index is 12.2. The molecule has 0 spiro atoms. The lowest BCUT2D eigenvalue weighted by molar-refractivity contribution is 1.18. The molecule has 2 heterocycles. The Kier molecular flexibility index (Phi) is 3.35. The fourth-order valence-electron chi connectivity index (χ4n) is 2.24. The number of aryl methyl sites for hydroxylation is 1. The Morgan fingerprint density at radius 1 is 1.35 bits per heavy atom. The van der Waals surface area contributed by atoms with Crippen molar-refractivity contribution in [1.82, 2.24) is 9.97 Å². The summed E-state index contributed by atoms with van der Waals surface area (Å²) in [6, 6.07) is 7.94. The van der Waals surface area contributed by atoms with Crippen LogP contribution in [0.4, 0.5) is 5.95 Å². The molecule has 0 saturated heterocycles. The zero-order valence-corrected chi connectivity index (χ0v) is 13.1. The average molecular weight is 350 g/mol. The molecule has 0 bridgehead atoms. The van der Waals surface area contributed by atoms with E-state index >= 15 is 0 Å². The van der Waals surface area contributed by atoms with Gasteiger partial charge in [0.1, 0.15) is 4.83 Å². The summed E-state index contributed by atoms with van der Waals surface area (Å²) in [4.78, 5) is 20.9. The van der Waals surface area contributed by atoms with Gasteiger partial charge in [-0.1, -0.05) is 35.0 Å². The number of hydrogen-bond donors (Lipinski definition) is 2. The highest BCUT2D eigenvalue weighted by Crippen LogP contribution is 2.36. The summed E-state index contributed by atoms with van der Waals surface area (Å²) in [5, 5.41) is 0.628. The van der Waals surface area contributed by atoms with Crippen LogP contribution < -0.4 is 11.3 Å². The molecule has 102 valence electrons. The molecule has 0 aliphatic carbocycles. The first-order chi connectivity index (χ1) is 9.60. The number of thiophene rings is 1. The molecular formula is C14H12BrN3OS. The van der Waals surface area contributed by atoms with Crippen molar-refractivity contribution in [2.75, 3.05) is 5.73 Å². The number of halogens is 1.